The van der Waals surface area contributed by atoms with Crippen LogP contribution in [0.3, 0.4) is 0 Å². The van der Waals surface area contributed by atoms with Crippen molar-refractivity contribution in [2.45, 2.75) is 226 Å². The molecule has 0 radical (unpaired) electrons. The van der Waals surface area contributed by atoms with Gasteiger partial charge in [-0.15, -0.1) is 0 Å². The molecule has 0 aliphatic heterocycles. The Labute approximate surface area is 437 Å². The molecule has 0 rings (SSSR count). The lowest BCUT2D eigenvalue weighted by molar-refractivity contribution is -0.161. The first-order valence-corrected chi connectivity index (χ1v) is 29.3. The maximum absolute atomic E-state index is 12.9. The van der Waals surface area contributed by atoms with Gasteiger partial charge in [-0.1, -0.05) is 220 Å². The molecular weight excluding hydrogens is 928 g/mol. The number of ether oxygens (including phenoxy) is 3. The van der Waals surface area contributed by atoms with Crippen LogP contribution in [0.1, 0.15) is 213 Å². The van der Waals surface area contributed by atoms with E-state index in [9.17, 15) is 28.9 Å². The summed E-state index contributed by atoms with van der Waals surface area (Å²) in [5, 5.41) is 9.78. The fourth-order valence-corrected chi connectivity index (χ4v) is 7.84. The third-order valence-electron chi connectivity index (χ3n) is 11.2. The van der Waals surface area contributed by atoms with Crippen molar-refractivity contribution in [1.29, 1.82) is 0 Å². The van der Waals surface area contributed by atoms with Gasteiger partial charge in [-0.05, 0) is 83.5 Å². The van der Waals surface area contributed by atoms with Crippen LogP contribution in [-0.4, -0.2) is 66.5 Å². The molecule has 11 nitrogen and oxygen atoms in total. The SMILES string of the molecule is CC/C=C\C/C=C\C/C=C\C/C=C\C/C=C\CCCC(=O)OCC(COP(=O)(O)OCC(CO)OC(=O)CC/C=C\C/C=C\C/C=C\C/C=C\CC)OC(=O)CCCCCCCCCCCCCCCCC. The van der Waals surface area contributed by atoms with Gasteiger partial charge in [-0.25, -0.2) is 4.57 Å². The maximum atomic E-state index is 12.9. The molecule has 0 heterocycles. The molecule has 410 valence electrons. The fourth-order valence-electron chi connectivity index (χ4n) is 7.05. The van der Waals surface area contributed by atoms with Crippen LogP contribution < -0.4 is 0 Å². The molecule has 3 atom stereocenters. The number of phosphoric acid groups is 1. The summed E-state index contributed by atoms with van der Waals surface area (Å²) in [5.41, 5.74) is 0. The molecule has 0 aromatic rings. The van der Waals surface area contributed by atoms with Crippen LogP contribution in [0.5, 0.6) is 0 Å². The molecule has 72 heavy (non-hydrogen) atoms. The summed E-state index contributed by atoms with van der Waals surface area (Å²) < 4.78 is 39.3. The largest absolute Gasteiger partial charge is 0.472 e. The van der Waals surface area contributed by atoms with Crippen molar-refractivity contribution < 1.29 is 52.2 Å². The first-order chi connectivity index (χ1) is 35.2. The first-order valence-electron chi connectivity index (χ1n) is 27.8. The number of aliphatic hydroxyl groups excluding tert-OH is 1. The number of carbonyl (C=O) groups excluding carboxylic acids is 3. The molecule has 0 aliphatic rings. The Morgan fingerprint density at radius 3 is 1.18 bits per heavy atom. The van der Waals surface area contributed by atoms with E-state index in [1.165, 1.54) is 70.6 Å². The van der Waals surface area contributed by atoms with E-state index in [1.807, 2.05) is 24.3 Å². The number of phosphoric ester groups is 1. The average molecular weight is 1030 g/mol. The van der Waals surface area contributed by atoms with E-state index in [1.54, 1.807) is 0 Å². The van der Waals surface area contributed by atoms with Crippen molar-refractivity contribution >= 4 is 25.7 Å². The molecule has 2 N–H and O–H groups in total. The van der Waals surface area contributed by atoms with E-state index in [2.05, 4.69) is 106 Å². The molecule has 0 aliphatic carbocycles. The molecule has 0 saturated heterocycles. The Hall–Kier alpha value is -3.86. The lowest BCUT2D eigenvalue weighted by Gasteiger charge is -2.21. The lowest BCUT2D eigenvalue weighted by atomic mass is 10.0. The predicted molar refractivity (Wildman–Crippen MR) is 297 cm³/mol. The summed E-state index contributed by atoms with van der Waals surface area (Å²) in [6.07, 6.45) is 63.6. The van der Waals surface area contributed by atoms with Gasteiger partial charge in [0, 0.05) is 19.3 Å². The summed E-state index contributed by atoms with van der Waals surface area (Å²) in [6, 6.07) is 0. The summed E-state index contributed by atoms with van der Waals surface area (Å²) in [7, 11) is -4.78. The smallest absolute Gasteiger partial charge is 0.462 e. The van der Waals surface area contributed by atoms with Gasteiger partial charge in [-0.2, -0.15) is 0 Å². The van der Waals surface area contributed by atoms with Crippen LogP contribution in [0.15, 0.2) is 109 Å². The standard InChI is InChI=1S/C60H99O11P/c1-4-7-10-13-16-19-22-25-27-28-30-32-34-37-40-43-46-49-58(62)67-53-57(71-60(64)51-48-45-42-39-36-33-29-26-23-20-17-14-11-8-5-2)55-69-72(65,66)68-54-56(52-61)70-59(63)50-47-44-41-38-35-31-24-21-18-15-12-9-6-3/h7,9-10,12,16,18-19,21,25,27,30-32,35,37,40-41,44,56-57,61H,4-6,8,11,13-15,17,20,22-24,26,28-29,33-34,36,38-39,42-43,45-55H2,1-3H3,(H,65,66)/b10-7-,12-9-,19-16-,21-18-,27-25-,32-30-,35-31-,40-37-,44-41-. The van der Waals surface area contributed by atoms with E-state index >= 15 is 0 Å². The first kappa shape index (κ1) is 68.1. The van der Waals surface area contributed by atoms with E-state index in [4.69, 9.17) is 23.3 Å². The van der Waals surface area contributed by atoms with Gasteiger partial charge in [0.2, 0.25) is 0 Å². The number of hydrogen-bond acceptors (Lipinski definition) is 10. The number of rotatable bonds is 50. The minimum Gasteiger partial charge on any atom is -0.462 e. The molecule has 12 heteroatoms. The van der Waals surface area contributed by atoms with Crippen molar-refractivity contribution in [3.8, 4) is 0 Å². The van der Waals surface area contributed by atoms with Crippen LogP contribution in [-0.2, 0) is 42.2 Å². The van der Waals surface area contributed by atoms with Crippen molar-refractivity contribution in [1.82, 2.24) is 0 Å². The van der Waals surface area contributed by atoms with Gasteiger partial charge in [-0.3, -0.25) is 23.4 Å². The minimum absolute atomic E-state index is 0.0482. The molecule has 3 unspecified atom stereocenters. The van der Waals surface area contributed by atoms with Crippen molar-refractivity contribution in [3.63, 3.8) is 0 Å². The predicted octanol–water partition coefficient (Wildman–Crippen LogP) is 16.2. The zero-order valence-electron chi connectivity index (χ0n) is 45.1. The maximum Gasteiger partial charge on any atom is 0.472 e. The Bertz CT molecular complexity index is 1620. The van der Waals surface area contributed by atoms with Crippen LogP contribution >= 0.6 is 7.82 Å². The molecule has 0 aromatic heterocycles. The molecular formula is C60H99O11P. The third kappa shape index (κ3) is 51.1. The van der Waals surface area contributed by atoms with Gasteiger partial charge < -0.3 is 24.2 Å². The van der Waals surface area contributed by atoms with Gasteiger partial charge in [0.15, 0.2) is 6.10 Å². The zero-order valence-corrected chi connectivity index (χ0v) is 46.0. The van der Waals surface area contributed by atoms with Crippen LogP contribution in [0.2, 0.25) is 0 Å². The van der Waals surface area contributed by atoms with Crippen LogP contribution in [0, 0.1) is 0 Å². The molecule has 0 spiro atoms. The Kier molecular flexibility index (Phi) is 50.6. The fraction of sp³-hybridized carbons (Fsp3) is 0.650. The molecule has 0 aromatic carbocycles. The second-order valence-electron chi connectivity index (χ2n) is 18.0. The molecule has 0 fully saturated rings. The van der Waals surface area contributed by atoms with E-state index in [0.29, 0.717) is 25.7 Å². The molecule has 0 amide bonds. The minimum atomic E-state index is -4.78. The normalized spacial score (nSPS) is 14.2. The highest BCUT2D eigenvalue weighted by Gasteiger charge is 2.28. The number of allylic oxidation sites excluding steroid dienone is 18. The Morgan fingerprint density at radius 2 is 0.750 bits per heavy atom. The summed E-state index contributed by atoms with van der Waals surface area (Å²) >= 11 is 0. The monoisotopic (exact) mass is 1030 g/mol. The number of unbranched alkanes of at least 4 members (excludes halogenated alkanes) is 15. The third-order valence-corrected chi connectivity index (χ3v) is 12.2. The van der Waals surface area contributed by atoms with Crippen molar-refractivity contribution in [2.24, 2.45) is 0 Å². The zero-order chi connectivity index (χ0) is 52.7. The van der Waals surface area contributed by atoms with Gasteiger partial charge in [0.05, 0.1) is 19.8 Å². The number of aliphatic hydroxyl groups is 1. The van der Waals surface area contributed by atoms with Gasteiger partial charge in [0.25, 0.3) is 0 Å². The number of carbonyl (C=O) groups is 3. The summed E-state index contributed by atoms with van der Waals surface area (Å²) in [6.45, 7) is 4.26. The number of hydrogen-bond donors (Lipinski definition) is 2. The highest BCUT2D eigenvalue weighted by atomic mass is 31.2. The Balaban J connectivity index is 4.88. The second kappa shape index (κ2) is 53.4. The molecule has 0 bridgehead atoms. The topological polar surface area (TPSA) is 155 Å². The van der Waals surface area contributed by atoms with Crippen molar-refractivity contribution in [3.05, 3.63) is 109 Å². The van der Waals surface area contributed by atoms with Crippen LogP contribution in [0.4, 0.5) is 0 Å². The highest BCUT2D eigenvalue weighted by molar-refractivity contribution is 7.47. The van der Waals surface area contributed by atoms with Crippen molar-refractivity contribution in [2.75, 3.05) is 26.4 Å². The van der Waals surface area contributed by atoms with E-state index < -0.39 is 57.8 Å². The average Bonchev–Trinajstić information content (AvgIpc) is 3.37. The molecule has 0 saturated carbocycles. The Morgan fingerprint density at radius 1 is 0.403 bits per heavy atom. The quantitative estimate of drug-likeness (QED) is 0.0197. The summed E-state index contributed by atoms with van der Waals surface area (Å²) in [5.74, 6) is -1.63. The lowest BCUT2D eigenvalue weighted by Crippen LogP contribution is -2.30. The van der Waals surface area contributed by atoms with Gasteiger partial charge >= 0.3 is 25.7 Å². The summed E-state index contributed by atoms with van der Waals surface area (Å²) in [4.78, 5) is 48.4. The van der Waals surface area contributed by atoms with E-state index in [0.717, 1.165) is 77.0 Å². The highest BCUT2D eigenvalue weighted by Crippen LogP contribution is 2.43. The van der Waals surface area contributed by atoms with E-state index in [-0.39, 0.29) is 25.9 Å². The van der Waals surface area contributed by atoms with Gasteiger partial charge in [0.1, 0.15) is 12.7 Å². The second-order valence-corrected chi connectivity index (χ2v) is 19.4. The van der Waals surface area contributed by atoms with Crippen LogP contribution in [0.25, 0.3) is 0 Å². The number of esters is 3.